The second-order valence-corrected chi connectivity index (χ2v) is 6.68. The largest absolute Gasteiger partial charge is 0.305 e. The fourth-order valence-corrected chi connectivity index (χ4v) is 2.91. The van der Waals surface area contributed by atoms with Crippen molar-refractivity contribution < 1.29 is 4.79 Å². The number of hydrogen-bond acceptors (Lipinski definition) is 3. The summed E-state index contributed by atoms with van der Waals surface area (Å²) in [5.41, 5.74) is 2.42. The van der Waals surface area contributed by atoms with E-state index < -0.39 is 0 Å². The highest BCUT2D eigenvalue weighted by molar-refractivity contribution is 6.03. The molecule has 0 atom stereocenters. The van der Waals surface area contributed by atoms with Crippen molar-refractivity contribution in [2.45, 2.75) is 38.6 Å². The van der Waals surface area contributed by atoms with Gasteiger partial charge in [0.25, 0.3) is 5.91 Å². The van der Waals surface area contributed by atoms with Crippen LogP contribution in [0.4, 0.5) is 5.82 Å². The molecule has 0 unspecified atom stereocenters. The van der Waals surface area contributed by atoms with E-state index in [0.717, 1.165) is 24.2 Å². The first-order valence-electron chi connectivity index (χ1n) is 8.63. The molecule has 2 aromatic heterocycles. The number of para-hydroxylation sites is 1. The second kappa shape index (κ2) is 6.20. The summed E-state index contributed by atoms with van der Waals surface area (Å²) in [6.45, 7) is 4.06. The van der Waals surface area contributed by atoms with Gasteiger partial charge in [-0.15, -0.1) is 0 Å². The summed E-state index contributed by atoms with van der Waals surface area (Å²) in [5.74, 6) is 0.997. The van der Waals surface area contributed by atoms with E-state index in [1.54, 1.807) is 15.6 Å². The van der Waals surface area contributed by atoms with Gasteiger partial charge in [0, 0.05) is 18.0 Å². The summed E-state index contributed by atoms with van der Waals surface area (Å²) >= 11 is 0. The van der Waals surface area contributed by atoms with Crippen molar-refractivity contribution in [2.24, 2.45) is 0 Å². The van der Waals surface area contributed by atoms with Crippen LogP contribution in [0.2, 0.25) is 0 Å². The first-order chi connectivity index (χ1) is 12.1. The summed E-state index contributed by atoms with van der Waals surface area (Å²) in [7, 11) is 0. The molecule has 1 fully saturated rings. The van der Waals surface area contributed by atoms with Crippen molar-refractivity contribution in [3.05, 3.63) is 60.0 Å². The van der Waals surface area contributed by atoms with Crippen LogP contribution < -0.4 is 5.32 Å². The van der Waals surface area contributed by atoms with Gasteiger partial charge < -0.3 is 5.32 Å². The number of amides is 1. The topological polar surface area (TPSA) is 64.7 Å². The number of carbonyl (C=O) groups is 1. The van der Waals surface area contributed by atoms with Gasteiger partial charge in [0.2, 0.25) is 0 Å². The zero-order valence-electron chi connectivity index (χ0n) is 14.4. The van der Waals surface area contributed by atoms with E-state index in [4.69, 9.17) is 0 Å². The lowest BCUT2D eigenvalue weighted by Crippen LogP contribution is -2.19. The molecule has 1 aliphatic rings. The van der Waals surface area contributed by atoms with E-state index in [1.165, 1.54) is 0 Å². The first-order valence-corrected chi connectivity index (χ1v) is 8.63. The van der Waals surface area contributed by atoms with Crippen molar-refractivity contribution in [3.63, 3.8) is 0 Å². The summed E-state index contributed by atoms with van der Waals surface area (Å²) in [6.07, 6.45) is 3.99. The van der Waals surface area contributed by atoms with Gasteiger partial charge in [-0.3, -0.25) is 4.79 Å². The standard InChI is InChI=1S/C19H21N5O/c1-13(2)23-18(10-11-20-23)21-19(25)17-12-16(14-8-9-14)22-24(17)15-6-4-3-5-7-15/h3-7,10-14H,8-9H2,1-2H3,(H,21,25). The van der Waals surface area contributed by atoms with Gasteiger partial charge in [-0.2, -0.15) is 10.2 Å². The van der Waals surface area contributed by atoms with Crippen LogP contribution in [-0.2, 0) is 0 Å². The Morgan fingerprint density at radius 3 is 2.64 bits per heavy atom. The summed E-state index contributed by atoms with van der Waals surface area (Å²) in [6, 6.07) is 13.7. The van der Waals surface area contributed by atoms with Crippen molar-refractivity contribution in [3.8, 4) is 5.69 Å². The molecule has 1 saturated carbocycles. The van der Waals surface area contributed by atoms with Gasteiger partial charge in [0.15, 0.2) is 0 Å². The van der Waals surface area contributed by atoms with Crippen LogP contribution in [-0.4, -0.2) is 25.5 Å². The monoisotopic (exact) mass is 335 g/mol. The van der Waals surface area contributed by atoms with Gasteiger partial charge in [0.1, 0.15) is 11.5 Å². The first kappa shape index (κ1) is 15.6. The number of hydrogen-bond donors (Lipinski definition) is 1. The molecule has 0 spiro atoms. The maximum Gasteiger partial charge on any atom is 0.275 e. The SMILES string of the molecule is CC(C)n1nccc1NC(=O)c1cc(C2CC2)nn1-c1ccccc1. The molecule has 1 N–H and O–H groups in total. The van der Waals surface area contributed by atoms with Crippen LogP contribution in [0.15, 0.2) is 48.7 Å². The van der Waals surface area contributed by atoms with Crippen LogP contribution in [0, 0.1) is 0 Å². The molecule has 6 nitrogen and oxygen atoms in total. The highest BCUT2D eigenvalue weighted by Gasteiger charge is 2.29. The number of carbonyl (C=O) groups excluding carboxylic acids is 1. The molecule has 0 radical (unpaired) electrons. The minimum atomic E-state index is -0.175. The molecule has 2 heterocycles. The predicted molar refractivity (Wildman–Crippen MR) is 96.1 cm³/mol. The molecule has 25 heavy (non-hydrogen) atoms. The summed E-state index contributed by atoms with van der Waals surface area (Å²) in [5, 5.41) is 11.9. The Morgan fingerprint density at radius 2 is 1.96 bits per heavy atom. The Hall–Kier alpha value is -2.89. The molecule has 6 heteroatoms. The lowest BCUT2D eigenvalue weighted by atomic mass is 10.2. The van der Waals surface area contributed by atoms with E-state index >= 15 is 0 Å². The lowest BCUT2D eigenvalue weighted by Gasteiger charge is -2.12. The normalized spacial score (nSPS) is 14.0. The van der Waals surface area contributed by atoms with Crippen molar-refractivity contribution in [1.82, 2.24) is 19.6 Å². The van der Waals surface area contributed by atoms with E-state index in [0.29, 0.717) is 17.4 Å². The number of benzene rings is 1. The molecule has 0 bridgehead atoms. The Balaban J connectivity index is 1.69. The van der Waals surface area contributed by atoms with Crippen molar-refractivity contribution in [2.75, 3.05) is 5.32 Å². The lowest BCUT2D eigenvalue weighted by molar-refractivity contribution is 0.101. The van der Waals surface area contributed by atoms with Crippen LogP contribution in [0.1, 0.15) is 54.8 Å². The molecule has 0 saturated heterocycles. The highest BCUT2D eigenvalue weighted by atomic mass is 16.2. The summed E-state index contributed by atoms with van der Waals surface area (Å²) in [4.78, 5) is 12.9. The molecule has 4 rings (SSSR count). The van der Waals surface area contributed by atoms with Gasteiger partial charge in [-0.1, -0.05) is 18.2 Å². The Kier molecular flexibility index (Phi) is 3.87. The van der Waals surface area contributed by atoms with E-state index in [1.807, 2.05) is 56.3 Å². The number of rotatable bonds is 5. The third-order valence-electron chi connectivity index (χ3n) is 4.36. The van der Waals surface area contributed by atoms with Gasteiger partial charge in [0.05, 0.1) is 17.6 Å². The molecule has 3 aromatic rings. The minimum absolute atomic E-state index is 0.173. The maximum absolute atomic E-state index is 12.9. The van der Waals surface area contributed by atoms with E-state index in [-0.39, 0.29) is 11.9 Å². The number of nitrogens with one attached hydrogen (secondary N) is 1. The Labute approximate surface area is 146 Å². The fourth-order valence-electron chi connectivity index (χ4n) is 2.91. The third kappa shape index (κ3) is 3.07. The molecular weight excluding hydrogens is 314 g/mol. The number of nitrogens with zero attached hydrogens (tertiary/aromatic N) is 4. The maximum atomic E-state index is 12.9. The molecule has 1 aliphatic carbocycles. The number of anilines is 1. The van der Waals surface area contributed by atoms with E-state index in [2.05, 4.69) is 15.5 Å². The Morgan fingerprint density at radius 1 is 1.20 bits per heavy atom. The molecular formula is C19H21N5O. The number of aromatic nitrogens is 4. The average molecular weight is 335 g/mol. The quantitative estimate of drug-likeness (QED) is 0.772. The Bertz CT molecular complexity index is 890. The van der Waals surface area contributed by atoms with Crippen LogP contribution in [0.3, 0.4) is 0 Å². The molecule has 128 valence electrons. The van der Waals surface area contributed by atoms with Crippen LogP contribution in [0.25, 0.3) is 5.69 Å². The molecule has 1 aromatic carbocycles. The van der Waals surface area contributed by atoms with Gasteiger partial charge in [-0.05, 0) is 44.9 Å². The van der Waals surface area contributed by atoms with Gasteiger partial charge >= 0.3 is 0 Å². The predicted octanol–water partition coefficient (Wildman–Crippen LogP) is 3.78. The second-order valence-electron chi connectivity index (χ2n) is 6.68. The van der Waals surface area contributed by atoms with Crippen molar-refractivity contribution >= 4 is 11.7 Å². The molecule has 0 aliphatic heterocycles. The smallest absolute Gasteiger partial charge is 0.275 e. The zero-order chi connectivity index (χ0) is 17.4. The fraction of sp³-hybridized carbons (Fsp3) is 0.316. The third-order valence-corrected chi connectivity index (χ3v) is 4.36. The molecule has 1 amide bonds. The van der Waals surface area contributed by atoms with Crippen LogP contribution >= 0.6 is 0 Å². The van der Waals surface area contributed by atoms with Crippen molar-refractivity contribution in [1.29, 1.82) is 0 Å². The zero-order valence-corrected chi connectivity index (χ0v) is 14.4. The average Bonchev–Trinajstić information content (AvgIpc) is 3.19. The minimum Gasteiger partial charge on any atom is -0.305 e. The van der Waals surface area contributed by atoms with Crippen LogP contribution in [0.5, 0.6) is 0 Å². The van der Waals surface area contributed by atoms with Gasteiger partial charge in [-0.25, -0.2) is 9.36 Å². The highest BCUT2D eigenvalue weighted by Crippen LogP contribution is 2.39. The summed E-state index contributed by atoms with van der Waals surface area (Å²) < 4.78 is 3.53. The van der Waals surface area contributed by atoms with E-state index in [9.17, 15) is 4.79 Å².